The molecule has 5 heteroatoms. The summed E-state index contributed by atoms with van der Waals surface area (Å²) in [5.41, 5.74) is 7.32. The SMILES string of the molecule is NCCc1csc(-c2cc3cc[nH]c3o2)n1. The standard InChI is InChI=1S/C11H11N3OS/c12-3-1-8-6-16-11(14-8)9-5-7-2-4-13-10(7)15-9/h2,4-6,13H,1,3,12H2. The van der Waals surface area contributed by atoms with Crippen molar-refractivity contribution in [3.8, 4) is 10.8 Å². The van der Waals surface area contributed by atoms with E-state index >= 15 is 0 Å². The second-order valence-electron chi connectivity index (χ2n) is 3.56. The van der Waals surface area contributed by atoms with Gasteiger partial charge >= 0.3 is 0 Å². The Morgan fingerprint density at radius 3 is 3.25 bits per heavy atom. The topological polar surface area (TPSA) is 67.8 Å². The monoisotopic (exact) mass is 233 g/mol. The minimum Gasteiger partial charge on any atom is -0.437 e. The fourth-order valence-corrected chi connectivity index (χ4v) is 2.44. The smallest absolute Gasteiger partial charge is 0.205 e. The first kappa shape index (κ1) is 9.62. The van der Waals surface area contributed by atoms with Crippen LogP contribution in [-0.2, 0) is 6.42 Å². The zero-order valence-electron chi connectivity index (χ0n) is 8.56. The van der Waals surface area contributed by atoms with E-state index < -0.39 is 0 Å². The Balaban J connectivity index is 1.98. The average Bonchev–Trinajstić information content (AvgIpc) is 2.88. The molecule has 0 radical (unpaired) electrons. The number of fused-ring (bicyclic) bond motifs is 1. The lowest BCUT2D eigenvalue weighted by Gasteiger charge is -1.89. The Bertz CT molecular complexity index is 579. The third-order valence-corrected chi connectivity index (χ3v) is 3.31. The molecule has 0 aliphatic rings. The molecule has 3 aromatic heterocycles. The predicted molar refractivity (Wildman–Crippen MR) is 64.4 cm³/mol. The molecule has 3 rings (SSSR count). The first-order chi connectivity index (χ1) is 7.86. The van der Waals surface area contributed by atoms with E-state index in [9.17, 15) is 0 Å². The zero-order valence-corrected chi connectivity index (χ0v) is 9.38. The van der Waals surface area contributed by atoms with Crippen LogP contribution in [0.2, 0.25) is 0 Å². The molecule has 0 atom stereocenters. The van der Waals surface area contributed by atoms with Crippen molar-refractivity contribution in [2.75, 3.05) is 6.54 Å². The van der Waals surface area contributed by atoms with Crippen molar-refractivity contribution in [2.45, 2.75) is 6.42 Å². The highest BCUT2D eigenvalue weighted by molar-refractivity contribution is 7.13. The summed E-state index contributed by atoms with van der Waals surface area (Å²) in [6.07, 6.45) is 2.68. The van der Waals surface area contributed by atoms with Gasteiger partial charge in [-0.05, 0) is 18.7 Å². The number of nitrogens with two attached hydrogens (primary N) is 1. The van der Waals surface area contributed by atoms with Gasteiger partial charge in [0.25, 0.3) is 0 Å². The highest BCUT2D eigenvalue weighted by Crippen LogP contribution is 2.29. The molecule has 0 aliphatic carbocycles. The van der Waals surface area contributed by atoms with Crippen LogP contribution in [0.25, 0.3) is 21.9 Å². The summed E-state index contributed by atoms with van der Waals surface area (Å²) < 4.78 is 5.65. The Morgan fingerprint density at radius 1 is 1.50 bits per heavy atom. The minimum absolute atomic E-state index is 0.627. The molecule has 3 heterocycles. The van der Waals surface area contributed by atoms with Crippen LogP contribution in [0.3, 0.4) is 0 Å². The van der Waals surface area contributed by atoms with E-state index in [0.29, 0.717) is 6.54 Å². The summed E-state index contributed by atoms with van der Waals surface area (Å²) in [6, 6.07) is 3.98. The number of aromatic amines is 1. The molecule has 0 fully saturated rings. The quantitative estimate of drug-likeness (QED) is 0.729. The number of nitrogens with zero attached hydrogens (tertiary/aromatic N) is 1. The van der Waals surface area contributed by atoms with Gasteiger partial charge in [0.2, 0.25) is 5.71 Å². The molecule has 16 heavy (non-hydrogen) atoms. The molecule has 0 saturated heterocycles. The minimum atomic E-state index is 0.627. The number of H-pyrrole nitrogens is 1. The Hall–Kier alpha value is -1.59. The van der Waals surface area contributed by atoms with Gasteiger partial charge in [-0.15, -0.1) is 11.3 Å². The lowest BCUT2D eigenvalue weighted by atomic mass is 10.3. The van der Waals surface area contributed by atoms with Crippen LogP contribution >= 0.6 is 11.3 Å². The highest BCUT2D eigenvalue weighted by atomic mass is 32.1. The molecule has 0 aliphatic heterocycles. The van der Waals surface area contributed by atoms with E-state index in [1.165, 1.54) is 0 Å². The zero-order chi connectivity index (χ0) is 11.0. The molecule has 3 N–H and O–H groups in total. The van der Waals surface area contributed by atoms with Crippen LogP contribution < -0.4 is 5.73 Å². The lowest BCUT2D eigenvalue weighted by Crippen LogP contribution is -2.02. The van der Waals surface area contributed by atoms with Crippen molar-refractivity contribution in [3.05, 3.63) is 29.4 Å². The summed E-state index contributed by atoms with van der Waals surface area (Å²) in [6.45, 7) is 0.627. The van der Waals surface area contributed by atoms with Crippen LogP contribution in [0, 0.1) is 0 Å². The fourth-order valence-electron chi connectivity index (χ4n) is 1.64. The maximum atomic E-state index is 5.65. The number of thiazole rings is 1. The summed E-state index contributed by atoms with van der Waals surface area (Å²) >= 11 is 1.59. The molecule has 82 valence electrons. The van der Waals surface area contributed by atoms with E-state index in [4.69, 9.17) is 10.2 Å². The van der Waals surface area contributed by atoms with Crippen molar-refractivity contribution in [1.82, 2.24) is 9.97 Å². The van der Waals surface area contributed by atoms with Gasteiger partial charge in [-0.3, -0.25) is 0 Å². The lowest BCUT2D eigenvalue weighted by molar-refractivity contribution is 0.619. The van der Waals surface area contributed by atoms with E-state index in [-0.39, 0.29) is 0 Å². The van der Waals surface area contributed by atoms with Crippen molar-refractivity contribution in [3.63, 3.8) is 0 Å². The van der Waals surface area contributed by atoms with Gasteiger partial charge in [0.05, 0.1) is 5.69 Å². The number of aromatic nitrogens is 2. The molecule has 0 spiro atoms. The highest BCUT2D eigenvalue weighted by Gasteiger charge is 2.10. The fraction of sp³-hybridized carbons (Fsp3) is 0.182. The molecule has 4 nitrogen and oxygen atoms in total. The Morgan fingerprint density at radius 2 is 2.44 bits per heavy atom. The average molecular weight is 233 g/mol. The molecule has 0 aromatic carbocycles. The van der Waals surface area contributed by atoms with E-state index in [1.54, 1.807) is 11.3 Å². The molecule has 0 unspecified atom stereocenters. The van der Waals surface area contributed by atoms with Crippen molar-refractivity contribution in [1.29, 1.82) is 0 Å². The van der Waals surface area contributed by atoms with Crippen molar-refractivity contribution in [2.24, 2.45) is 5.73 Å². The van der Waals surface area contributed by atoms with Crippen LogP contribution in [0.1, 0.15) is 5.69 Å². The largest absolute Gasteiger partial charge is 0.437 e. The summed E-state index contributed by atoms with van der Waals surface area (Å²) in [4.78, 5) is 7.51. The van der Waals surface area contributed by atoms with Crippen LogP contribution in [0.4, 0.5) is 0 Å². The molecule has 0 amide bonds. The normalized spacial score (nSPS) is 11.3. The number of hydrogen-bond acceptors (Lipinski definition) is 4. The maximum absolute atomic E-state index is 5.65. The summed E-state index contributed by atoms with van der Waals surface area (Å²) in [7, 11) is 0. The van der Waals surface area contributed by atoms with Crippen LogP contribution in [0.5, 0.6) is 0 Å². The summed E-state index contributed by atoms with van der Waals surface area (Å²) in [5, 5.41) is 4.01. The van der Waals surface area contributed by atoms with Gasteiger partial charge in [-0.2, -0.15) is 0 Å². The Kier molecular flexibility index (Phi) is 2.27. The number of nitrogens with one attached hydrogen (secondary N) is 1. The molecular formula is C11H11N3OS. The third-order valence-electron chi connectivity index (χ3n) is 2.40. The van der Waals surface area contributed by atoms with Crippen molar-refractivity contribution < 1.29 is 4.42 Å². The second-order valence-corrected chi connectivity index (χ2v) is 4.41. The maximum Gasteiger partial charge on any atom is 0.205 e. The predicted octanol–water partition coefficient (Wildman–Crippen LogP) is 2.39. The van der Waals surface area contributed by atoms with E-state index in [0.717, 1.165) is 34.0 Å². The van der Waals surface area contributed by atoms with E-state index in [2.05, 4.69) is 9.97 Å². The van der Waals surface area contributed by atoms with Gasteiger partial charge in [0.15, 0.2) is 10.8 Å². The molecular weight excluding hydrogens is 222 g/mol. The van der Waals surface area contributed by atoms with Crippen LogP contribution in [-0.4, -0.2) is 16.5 Å². The van der Waals surface area contributed by atoms with E-state index in [1.807, 2.05) is 23.7 Å². The number of furan rings is 1. The third kappa shape index (κ3) is 1.54. The molecule has 0 saturated carbocycles. The first-order valence-corrected chi connectivity index (χ1v) is 5.96. The Labute approximate surface area is 96.1 Å². The second kappa shape index (κ2) is 3.77. The van der Waals surface area contributed by atoms with Gasteiger partial charge in [-0.25, -0.2) is 4.98 Å². The van der Waals surface area contributed by atoms with Crippen molar-refractivity contribution >= 4 is 22.4 Å². The van der Waals surface area contributed by atoms with Gasteiger partial charge < -0.3 is 15.1 Å². The molecule has 0 bridgehead atoms. The number of hydrogen-bond donors (Lipinski definition) is 2. The van der Waals surface area contributed by atoms with Gasteiger partial charge in [-0.1, -0.05) is 0 Å². The molecule has 3 aromatic rings. The first-order valence-electron chi connectivity index (χ1n) is 5.08. The van der Waals surface area contributed by atoms with Gasteiger partial charge in [0, 0.05) is 23.4 Å². The van der Waals surface area contributed by atoms with Crippen LogP contribution in [0.15, 0.2) is 28.1 Å². The number of rotatable bonds is 3. The summed E-state index contributed by atoms with van der Waals surface area (Å²) in [5.74, 6) is 0.815. The van der Waals surface area contributed by atoms with Gasteiger partial charge in [0.1, 0.15) is 0 Å².